The summed E-state index contributed by atoms with van der Waals surface area (Å²) in [6.45, 7) is 3.48. The molecule has 0 radical (unpaired) electrons. The van der Waals surface area contributed by atoms with Gasteiger partial charge in [0, 0.05) is 20.1 Å². The molecule has 2 aromatic rings. The van der Waals surface area contributed by atoms with Crippen LogP contribution in [0.4, 0.5) is 0 Å². The molecule has 108 valence electrons. The molecule has 0 spiro atoms. The monoisotopic (exact) mass is 293 g/mol. The Morgan fingerprint density at radius 1 is 1.10 bits per heavy atom. The zero-order valence-corrected chi connectivity index (χ0v) is 12.7. The molecule has 0 aliphatic carbocycles. The second-order valence-corrected chi connectivity index (χ2v) is 5.06. The molecule has 0 bridgehead atoms. The van der Waals surface area contributed by atoms with Crippen molar-refractivity contribution in [2.45, 2.75) is 32.2 Å². The van der Waals surface area contributed by atoms with Gasteiger partial charge in [-0.25, -0.2) is 0 Å². The summed E-state index contributed by atoms with van der Waals surface area (Å²) in [4.78, 5) is 0. The zero-order valence-electron chi connectivity index (χ0n) is 12.0. The molecule has 20 heavy (non-hydrogen) atoms. The van der Waals surface area contributed by atoms with Crippen molar-refractivity contribution in [3.8, 4) is 0 Å². The van der Waals surface area contributed by atoms with Gasteiger partial charge in [-0.05, 0) is 18.9 Å². The molecular formula is C15H20ClN3O. The van der Waals surface area contributed by atoms with E-state index in [1.54, 1.807) is 7.11 Å². The largest absolute Gasteiger partial charge is 0.383 e. The summed E-state index contributed by atoms with van der Waals surface area (Å²) in [5.41, 5.74) is 2.59. The third-order valence-corrected chi connectivity index (χ3v) is 3.54. The van der Waals surface area contributed by atoms with Crippen molar-refractivity contribution in [2.24, 2.45) is 0 Å². The molecule has 0 unspecified atom stereocenters. The van der Waals surface area contributed by atoms with Crippen LogP contribution in [-0.4, -0.2) is 28.5 Å². The Hall–Kier alpha value is -1.39. The Balaban J connectivity index is 2.04. The van der Waals surface area contributed by atoms with E-state index in [0.29, 0.717) is 12.5 Å². The summed E-state index contributed by atoms with van der Waals surface area (Å²) in [5.74, 6) is 2.15. The fourth-order valence-corrected chi connectivity index (χ4v) is 2.31. The lowest BCUT2D eigenvalue weighted by atomic mass is 10.1. The van der Waals surface area contributed by atoms with Crippen LogP contribution < -0.4 is 0 Å². The molecular weight excluding hydrogens is 274 g/mol. The van der Waals surface area contributed by atoms with Gasteiger partial charge in [-0.15, -0.1) is 21.8 Å². The van der Waals surface area contributed by atoms with Crippen LogP contribution in [0.3, 0.4) is 0 Å². The zero-order chi connectivity index (χ0) is 14.4. The predicted molar refractivity (Wildman–Crippen MR) is 80.0 cm³/mol. The Labute approximate surface area is 124 Å². The van der Waals surface area contributed by atoms with Crippen molar-refractivity contribution in [3.05, 3.63) is 47.0 Å². The van der Waals surface area contributed by atoms with Crippen LogP contribution in [0.15, 0.2) is 24.3 Å². The van der Waals surface area contributed by atoms with E-state index >= 15 is 0 Å². The van der Waals surface area contributed by atoms with Gasteiger partial charge in [-0.2, -0.15) is 0 Å². The number of rotatable bonds is 7. The topological polar surface area (TPSA) is 39.9 Å². The second-order valence-electron chi connectivity index (χ2n) is 4.80. The van der Waals surface area contributed by atoms with Crippen LogP contribution in [0, 0.1) is 6.92 Å². The number of benzene rings is 1. The summed E-state index contributed by atoms with van der Waals surface area (Å²) in [6, 6.07) is 8.59. The number of alkyl halides is 1. The predicted octanol–water partition coefficient (Wildman–Crippen LogP) is 2.76. The van der Waals surface area contributed by atoms with E-state index in [1.165, 1.54) is 11.1 Å². The smallest absolute Gasteiger partial charge is 0.148 e. The van der Waals surface area contributed by atoms with E-state index < -0.39 is 0 Å². The van der Waals surface area contributed by atoms with E-state index in [-0.39, 0.29) is 0 Å². The minimum absolute atomic E-state index is 0.376. The summed E-state index contributed by atoms with van der Waals surface area (Å²) < 4.78 is 7.19. The molecule has 0 amide bonds. The molecule has 0 atom stereocenters. The van der Waals surface area contributed by atoms with Gasteiger partial charge >= 0.3 is 0 Å². The highest BCUT2D eigenvalue weighted by molar-refractivity contribution is 6.16. The molecule has 0 N–H and O–H groups in total. The summed E-state index contributed by atoms with van der Waals surface area (Å²) >= 11 is 5.89. The quantitative estimate of drug-likeness (QED) is 0.737. The maximum absolute atomic E-state index is 5.89. The third-order valence-electron chi connectivity index (χ3n) is 3.30. The Bertz CT molecular complexity index is 537. The number of hydrogen-bond donors (Lipinski definition) is 0. The van der Waals surface area contributed by atoms with Crippen molar-refractivity contribution in [1.82, 2.24) is 14.8 Å². The minimum Gasteiger partial charge on any atom is -0.383 e. The first-order valence-corrected chi connectivity index (χ1v) is 7.29. The number of ether oxygens (including phenoxy) is 1. The lowest BCUT2D eigenvalue weighted by Gasteiger charge is -2.08. The minimum atomic E-state index is 0.376. The Kier molecular flexibility index (Phi) is 5.56. The molecule has 1 aromatic carbocycles. The van der Waals surface area contributed by atoms with Gasteiger partial charge in [0.2, 0.25) is 0 Å². The number of hydrogen-bond acceptors (Lipinski definition) is 3. The van der Waals surface area contributed by atoms with E-state index in [9.17, 15) is 0 Å². The highest BCUT2D eigenvalue weighted by Crippen LogP contribution is 2.10. The van der Waals surface area contributed by atoms with Gasteiger partial charge in [-0.3, -0.25) is 0 Å². The highest BCUT2D eigenvalue weighted by atomic mass is 35.5. The lowest BCUT2D eigenvalue weighted by molar-refractivity contribution is 0.185. The molecule has 0 aliphatic rings. The number of aromatic nitrogens is 3. The summed E-state index contributed by atoms with van der Waals surface area (Å²) in [6.07, 6.45) is 1.81. The normalized spacial score (nSPS) is 10.9. The SMILES string of the molecule is COCCn1c(CCl)nnc1CCc1ccc(C)cc1. The molecule has 4 nitrogen and oxygen atoms in total. The van der Waals surface area contributed by atoms with Gasteiger partial charge in [0.1, 0.15) is 11.6 Å². The number of nitrogens with zero attached hydrogens (tertiary/aromatic N) is 3. The van der Waals surface area contributed by atoms with E-state index in [2.05, 4.69) is 46.0 Å². The van der Waals surface area contributed by atoms with Crippen LogP contribution in [0.2, 0.25) is 0 Å². The first kappa shape index (κ1) is 15.0. The van der Waals surface area contributed by atoms with Crippen LogP contribution in [-0.2, 0) is 30.0 Å². The lowest BCUT2D eigenvalue weighted by Crippen LogP contribution is -2.11. The van der Waals surface area contributed by atoms with Crippen molar-refractivity contribution in [3.63, 3.8) is 0 Å². The van der Waals surface area contributed by atoms with Gasteiger partial charge in [0.05, 0.1) is 12.5 Å². The molecule has 0 saturated carbocycles. The van der Waals surface area contributed by atoms with Crippen LogP contribution in [0.25, 0.3) is 0 Å². The number of halogens is 1. The van der Waals surface area contributed by atoms with Gasteiger partial charge in [0.25, 0.3) is 0 Å². The van der Waals surface area contributed by atoms with Crippen molar-refractivity contribution < 1.29 is 4.74 Å². The maximum Gasteiger partial charge on any atom is 0.148 e. The standard InChI is InChI=1S/C15H20ClN3O/c1-12-3-5-13(6-4-12)7-8-14-17-18-15(11-16)19(14)9-10-20-2/h3-6H,7-11H2,1-2H3. The summed E-state index contributed by atoms with van der Waals surface area (Å²) in [5, 5.41) is 8.38. The van der Waals surface area contributed by atoms with Crippen molar-refractivity contribution >= 4 is 11.6 Å². The highest BCUT2D eigenvalue weighted by Gasteiger charge is 2.10. The molecule has 0 saturated heterocycles. The van der Waals surface area contributed by atoms with E-state index in [4.69, 9.17) is 16.3 Å². The molecule has 1 heterocycles. The first-order chi connectivity index (χ1) is 9.74. The first-order valence-electron chi connectivity index (χ1n) is 6.76. The fraction of sp³-hybridized carbons (Fsp3) is 0.467. The second kappa shape index (κ2) is 7.41. The average Bonchev–Trinajstić information content (AvgIpc) is 2.86. The van der Waals surface area contributed by atoms with Crippen LogP contribution in [0.5, 0.6) is 0 Å². The summed E-state index contributed by atoms with van der Waals surface area (Å²) in [7, 11) is 1.69. The van der Waals surface area contributed by atoms with Crippen molar-refractivity contribution in [2.75, 3.05) is 13.7 Å². The Morgan fingerprint density at radius 3 is 2.45 bits per heavy atom. The maximum atomic E-state index is 5.89. The van der Waals surface area contributed by atoms with Crippen LogP contribution in [0.1, 0.15) is 22.8 Å². The molecule has 1 aromatic heterocycles. The van der Waals surface area contributed by atoms with Gasteiger partial charge in [-0.1, -0.05) is 29.8 Å². The van der Waals surface area contributed by atoms with E-state index in [1.807, 2.05) is 0 Å². The van der Waals surface area contributed by atoms with Crippen molar-refractivity contribution in [1.29, 1.82) is 0 Å². The van der Waals surface area contributed by atoms with Crippen LogP contribution >= 0.6 is 11.6 Å². The average molecular weight is 294 g/mol. The van der Waals surface area contributed by atoms with E-state index in [0.717, 1.165) is 31.0 Å². The molecule has 0 fully saturated rings. The molecule has 5 heteroatoms. The fourth-order valence-electron chi connectivity index (χ4n) is 2.11. The number of methoxy groups -OCH3 is 1. The van der Waals surface area contributed by atoms with Gasteiger partial charge < -0.3 is 9.30 Å². The molecule has 2 rings (SSSR count). The van der Waals surface area contributed by atoms with Gasteiger partial charge in [0.15, 0.2) is 0 Å². The third kappa shape index (κ3) is 3.81. The Morgan fingerprint density at radius 2 is 1.80 bits per heavy atom. The number of aryl methyl sites for hydroxylation is 3. The molecule has 0 aliphatic heterocycles.